The van der Waals surface area contributed by atoms with Crippen LogP contribution in [-0.4, -0.2) is 11.7 Å². The quantitative estimate of drug-likeness (QED) is 0.692. The SMILES string of the molecule is NCCCC=Cc1ccccc1O. The Labute approximate surface area is 78.7 Å². The Hall–Kier alpha value is -1.28. The van der Waals surface area contributed by atoms with Gasteiger partial charge in [-0.2, -0.15) is 0 Å². The van der Waals surface area contributed by atoms with Crippen LogP contribution in [0.25, 0.3) is 6.08 Å². The van der Waals surface area contributed by atoms with Crippen molar-refractivity contribution in [3.8, 4) is 5.75 Å². The molecule has 0 aliphatic carbocycles. The standard InChI is InChI=1S/C11H15NO/c12-9-5-1-2-6-10-7-3-4-8-11(10)13/h2-4,6-8,13H,1,5,9,12H2. The third kappa shape index (κ3) is 3.30. The van der Waals surface area contributed by atoms with E-state index in [0.717, 1.165) is 18.4 Å². The van der Waals surface area contributed by atoms with Crippen molar-refractivity contribution in [1.82, 2.24) is 0 Å². The van der Waals surface area contributed by atoms with Crippen molar-refractivity contribution in [3.05, 3.63) is 35.9 Å². The number of rotatable bonds is 4. The summed E-state index contributed by atoms with van der Waals surface area (Å²) in [5.74, 6) is 0.325. The Morgan fingerprint density at radius 3 is 2.77 bits per heavy atom. The van der Waals surface area contributed by atoms with Crippen LogP contribution in [0.3, 0.4) is 0 Å². The summed E-state index contributed by atoms with van der Waals surface area (Å²) in [6.07, 6.45) is 5.90. The van der Waals surface area contributed by atoms with E-state index >= 15 is 0 Å². The van der Waals surface area contributed by atoms with Gasteiger partial charge in [0.05, 0.1) is 0 Å². The predicted octanol–water partition coefficient (Wildman–Crippen LogP) is 2.14. The normalized spacial score (nSPS) is 10.8. The largest absolute Gasteiger partial charge is 0.507 e. The lowest BCUT2D eigenvalue weighted by atomic mass is 10.1. The first-order valence-electron chi connectivity index (χ1n) is 4.49. The molecule has 0 aliphatic heterocycles. The molecule has 0 saturated carbocycles. The highest BCUT2D eigenvalue weighted by molar-refractivity contribution is 5.56. The highest BCUT2D eigenvalue weighted by atomic mass is 16.3. The minimum atomic E-state index is 0.325. The smallest absolute Gasteiger partial charge is 0.122 e. The molecular weight excluding hydrogens is 162 g/mol. The van der Waals surface area contributed by atoms with Gasteiger partial charge in [-0.15, -0.1) is 0 Å². The van der Waals surface area contributed by atoms with Crippen LogP contribution in [0.15, 0.2) is 30.3 Å². The summed E-state index contributed by atoms with van der Waals surface area (Å²) in [5.41, 5.74) is 6.22. The third-order valence-electron chi connectivity index (χ3n) is 1.81. The molecule has 1 aromatic rings. The van der Waals surface area contributed by atoms with Crippen LogP contribution >= 0.6 is 0 Å². The van der Waals surface area contributed by atoms with Crippen molar-refractivity contribution in [2.45, 2.75) is 12.8 Å². The van der Waals surface area contributed by atoms with Gasteiger partial charge in [0, 0.05) is 5.56 Å². The summed E-state index contributed by atoms with van der Waals surface area (Å²) in [6.45, 7) is 0.713. The molecule has 2 nitrogen and oxygen atoms in total. The Morgan fingerprint density at radius 1 is 1.31 bits per heavy atom. The molecule has 0 atom stereocenters. The zero-order valence-corrected chi connectivity index (χ0v) is 7.61. The van der Waals surface area contributed by atoms with Crippen molar-refractivity contribution >= 4 is 6.08 Å². The zero-order chi connectivity index (χ0) is 9.52. The molecule has 2 heteroatoms. The topological polar surface area (TPSA) is 46.2 Å². The van der Waals surface area contributed by atoms with Crippen molar-refractivity contribution in [2.24, 2.45) is 5.73 Å². The van der Waals surface area contributed by atoms with Crippen LogP contribution in [0.1, 0.15) is 18.4 Å². The lowest BCUT2D eigenvalue weighted by Gasteiger charge is -1.96. The first-order valence-corrected chi connectivity index (χ1v) is 4.49. The first-order chi connectivity index (χ1) is 6.34. The van der Waals surface area contributed by atoms with Crippen molar-refractivity contribution < 1.29 is 5.11 Å². The summed E-state index contributed by atoms with van der Waals surface area (Å²) in [4.78, 5) is 0. The maximum atomic E-state index is 9.39. The molecule has 0 aliphatic rings. The number of nitrogens with two attached hydrogens (primary N) is 1. The number of allylic oxidation sites excluding steroid dienone is 1. The second-order valence-electron chi connectivity index (χ2n) is 2.89. The van der Waals surface area contributed by atoms with Gasteiger partial charge in [0.25, 0.3) is 0 Å². The average molecular weight is 177 g/mol. The van der Waals surface area contributed by atoms with E-state index in [1.807, 2.05) is 30.4 Å². The van der Waals surface area contributed by atoms with Crippen LogP contribution < -0.4 is 5.73 Å². The van der Waals surface area contributed by atoms with E-state index in [9.17, 15) is 5.11 Å². The molecule has 70 valence electrons. The highest BCUT2D eigenvalue weighted by Gasteiger charge is 1.92. The summed E-state index contributed by atoms with van der Waals surface area (Å²) < 4.78 is 0. The fraction of sp³-hybridized carbons (Fsp3) is 0.273. The Morgan fingerprint density at radius 2 is 2.08 bits per heavy atom. The molecule has 0 heterocycles. The van der Waals surface area contributed by atoms with Crippen LogP contribution in [0.2, 0.25) is 0 Å². The van der Waals surface area contributed by atoms with Crippen LogP contribution in [0.4, 0.5) is 0 Å². The van der Waals surface area contributed by atoms with Crippen molar-refractivity contribution in [2.75, 3.05) is 6.54 Å². The highest BCUT2D eigenvalue weighted by Crippen LogP contribution is 2.17. The maximum absolute atomic E-state index is 9.39. The van der Waals surface area contributed by atoms with Gasteiger partial charge < -0.3 is 10.8 Å². The van der Waals surface area contributed by atoms with Gasteiger partial charge in [-0.1, -0.05) is 30.4 Å². The number of aromatic hydroxyl groups is 1. The summed E-state index contributed by atoms with van der Waals surface area (Å²) in [7, 11) is 0. The molecule has 0 amide bonds. The molecule has 1 rings (SSSR count). The van der Waals surface area contributed by atoms with Gasteiger partial charge in [-0.3, -0.25) is 0 Å². The van der Waals surface area contributed by atoms with Gasteiger partial charge in [0.15, 0.2) is 0 Å². The van der Waals surface area contributed by atoms with Crippen LogP contribution in [0.5, 0.6) is 5.75 Å². The van der Waals surface area contributed by atoms with E-state index < -0.39 is 0 Å². The fourth-order valence-electron chi connectivity index (χ4n) is 1.07. The van der Waals surface area contributed by atoms with Gasteiger partial charge in [-0.05, 0) is 25.5 Å². The lowest BCUT2D eigenvalue weighted by molar-refractivity contribution is 0.474. The second-order valence-corrected chi connectivity index (χ2v) is 2.89. The predicted molar refractivity (Wildman–Crippen MR) is 55.4 cm³/mol. The van der Waals surface area contributed by atoms with Crippen LogP contribution in [-0.2, 0) is 0 Å². The number of hydrogen-bond acceptors (Lipinski definition) is 2. The molecule has 0 radical (unpaired) electrons. The number of para-hydroxylation sites is 1. The molecule has 1 aromatic carbocycles. The number of unbranched alkanes of at least 4 members (excludes halogenated alkanes) is 1. The molecule has 0 aromatic heterocycles. The average Bonchev–Trinajstić information content (AvgIpc) is 2.15. The van der Waals surface area contributed by atoms with E-state index in [1.165, 1.54) is 0 Å². The number of benzene rings is 1. The minimum absolute atomic E-state index is 0.325. The van der Waals surface area contributed by atoms with Crippen LogP contribution in [0, 0.1) is 0 Å². The molecule has 0 fully saturated rings. The zero-order valence-electron chi connectivity index (χ0n) is 7.61. The molecule has 0 spiro atoms. The molecule has 0 bridgehead atoms. The van der Waals surface area contributed by atoms with Gasteiger partial charge >= 0.3 is 0 Å². The number of phenolic OH excluding ortho intramolecular Hbond substituents is 1. The second kappa shape index (κ2) is 5.38. The lowest BCUT2D eigenvalue weighted by Crippen LogP contribution is -1.96. The molecule has 0 saturated heterocycles. The molecular formula is C11H15NO. The van der Waals surface area contributed by atoms with Gasteiger partial charge in [0.1, 0.15) is 5.75 Å². The minimum Gasteiger partial charge on any atom is -0.507 e. The van der Waals surface area contributed by atoms with E-state index in [0.29, 0.717) is 12.3 Å². The van der Waals surface area contributed by atoms with E-state index in [4.69, 9.17) is 5.73 Å². The monoisotopic (exact) mass is 177 g/mol. The van der Waals surface area contributed by atoms with Crippen molar-refractivity contribution in [1.29, 1.82) is 0 Å². The Kier molecular flexibility index (Phi) is 4.06. The van der Waals surface area contributed by atoms with E-state index in [1.54, 1.807) is 6.07 Å². The van der Waals surface area contributed by atoms with Crippen molar-refractivity contribution in [3.63, 3.8) is 0 Å². The van der Waals surface area contributed by atoms with E-state index in [2.05, 4.69) is 0 Å². The van der Waals surface area contributed by atoms with Gasteiger partial charge in [-0.25, -0.2) is 0 Å². The number of hydrogen-bond donors (Lipinski definition) is 2. The molecule has 3 N–H and O–H groups in total. The number of phenols is 1. The van der Waals surface area contributed by atoms with Gasteiger partial charge in [0.2, 0.25) is 0 Å². The molecule has 13 heavy (non-hydrogen) atoms. The molecule has 0 unspecified atom stereocenters. The Balaban J connectivity index is 2.53. The Bertz CT molecular complexity index is 281. The maximum Gasteiger partial charge on any atom is 0.122 e. The fourth-order valence-corrected chi connectivity index (χ4v) is 1.07. The third-order valence-corrected chi connectivity index (χ3v) is 1.81. The van der Waals surface area contributed by atoms with E-state index in [-0.39, 0.29) is 0 Å². The summed E-state index contributed by atoms with van der Waals surface area (Å²) >= 11 is 0. The first kappa shape index (κ1) is 9.81. The summed E-state index contributed by atoms with van der Waals surface area (Å²) in [6, 6.07) is 7.28. The summed E-state index contributed by atoms with van der Waals surface area (Å²) in [5, 5.41) is 9.39.